The average Bonchev–Trinajstić information content (AvgIpc) is 2.73. The fourth-order valence-corrected chi connectivity index (χ4v) is 3.46. The van der Waals surface area contributed by atoms with E-state index >= 15 is 0 Å². The summed E-state index contributed by atoms with van der Waals surface area (Å²) in [5, 5.41) is 3.42. The number of para-hydroxylation sites is 1. The van der Waals surface area contributed by atoms with Crippen LogP contribution in [-0.2, 0) is 6.54 Å². The van der Waals surface area contributed by atoms with Gasteiger partial charge in [-0.15, -0.1) is 0 Å². The third kappa shape index (κ3) is 3.59. The highest BCUT2D eigenvalue weighted by atomic mass is 32.2. The first-order valence-electron chi connectivity index (χ1n) is 6.00. The van der Waals surface area contributed by atoms with Crippen LogP contribution in [0.4, 0.5) is 8.78 Å². The Morgan fingerprint density at radius 3 is 2.83 bits per heavy atom. The zero-order valence-electron chi connectivity index (χ0n) is 10.2. The van der Waals surface area contributed by atoms with Crippen molar-refractivity contribution >= 4 is 11.8 Å². The Labute approximate surface area is 110 Å². The number of benzene rings is 1. The van der Waals surface area contributed by atoms with Gasteiger partial charge in [0.05, 0.1) is 0 Å². The van der Waals surface area contributed by atoms with Crippen LogP contribution in [0.1, 0.15) is 12.5 Å². The summed E-state index contributed by atoms with van der Waals surface area (Å²) in [6.07, 6.45) is 0. The van der Waals surface area contributed by atoms with E-state index in [9.17, 15) is 8.78 Å². The van der Waals surface area contributed by atoms with Gasteiger partial charge in [-0.2, -0.15) is 20.5 Å². The van der Waals surface area contributed by atoms with Crippen LogP contribution in [0.5, 0.6) is 5.75 Å². The molecule has 0 amide bonds. The second-order valence-corrected chi connectivity index (χ2v) is 5.56. The summed E-state index contributed by atoms with van der Waals surface area (Å²) in [5.74, 6) is 3.13. The minimum atomic E-state index is -2.77. The first kappa shape index (κ1) is 13.6. The molecule has 1 aliphatic rings. The molecule has 0 radical (unpaired) electrons. The molecule has 1 fully saturated rings. The second-order valence-electron chi connectivity index (χ2n) is 4.49. The Morgan fingerprint density at radius 2 is 2.17 bits per heavy atom. The quantitative estimate of drug-likeness (QED) is 0.890. The molecule has 100 valence electrons. The van der Waals surface area contributed by atoms with Gasteiger partial charge in [-0.25, -0.2) is 0 Å². The molecule has 0 aliphatic carbocycles. The van der Waals surface area contributed by atoms with Crippen molar-refractivity contribution in [2.24, 2.45) is 5.92 Å². The Kier molecular flexibility index (Phi) is 4.83. The summed E-state index contributed by atoms with van der Waals surface area (Å²) in [7, 11) is 0. The van der Waals surface area contributed by atoms with Crippen LogP contribution in [0.3, 0.4) is 0 Å². The van der Waals surface area contributed by atoms with Gasteiger partial charge in [0, 0.05) is 23.9 Å². The van der Waals surface area contributed by atoms with Crippen molar-refractivity contribution in [2.45, 2.75) is 26.1 Å². The number of halogens is 2. The van der Waals surface area contributed by atoms with Crippen molar-refractivity contribution in [3.8, 4) is 5.75 Å². The van der Waals surface area contributed by atoms with Crippen molar-refractivity contribution in [2.75, 3.05) is 11.5 Å². The average molecular weight is 273 g/mol. The Morgan fingerprint density at radius 1 is 1.39 bits per heavy atom. The van der Waals surface area contributed by atoms with E-state index < -0.39 is 6.61 Å². The van der Waals surface area contributed by atoms with Crippen molar-refractivity contribution in [1.82, 2.24) is 5.32 Å². The first-order chi connectivity index (χ1) is 8.66. The number of rotatable bonds is 5. The van der Waals surface area contributed by atoms with E-state index in [0.29, 0.717) is 18.5 Å². The highest BCUT2D eigenvalue weighted by molar-refractivity contribution is 7.99. The van der Waals surface area contributed by atoms with E-state index in [1.165, 1.54) is 0 Å². The minimum Gasteiger partial charge on any atom is -0.434 e. The number of alkyl halides is 2. The van der Waals surface area contributed by atoms with E-state index in [0.717, 1.165) is 17.1 Å². The van der Waals surface area contributed by atoms with Crippen LogP contribution in [0.15, 0.2) is 24.3 Å². The number of ether oxygens (including phenoxy) is 1. The molecule has 1 aromatic rings. The van der Waals surface area contributed by atoms with E-state index in [4.69, 9.17) is 0 Å². The number of nitrogens with one attached hydrogen (secondary N) is 1. The maximum Gasteiger partial charge on any atom is 0.387 e. The van der Waals surface area contributed by atoms with E-state index in [2.05, 4.69) is 17.0 Å². The lowest BCUT2D eigenvalue weighted by Gasteiger charge is -2.18. The fraction of sp³-hybridized carbons (Fsp3) is 0.538. The number of hydrogen-bond acceptors (Lipinski definition) is 3. The molecule has 2 unspecified atom stereocenters. The third-order valence-electron chi connectivity index (χ3n) is 3.11. The maximum atomic E-state index is 12.3. The van der Waals surface area contributed by atoms with Gasteiger partial charge < -0.3 is 10.1 Å². The molecule has 5 heteroatoms. The summed E-state index contributed by atoms with van der Waals surface area (Å²) in [5.41, 5.74) is 0.780. The lowest BCUT2D eigenvalue weighted by Crippen LogP contribution is -2.33. The predicted molar refractivity (Wildman–Crippen MR) is 70.2 cm³/mol. The van der Waals surface area contributed by atoms with Gasteiger partial charge in [0.25, 0.3) is 0 Å². The Bertz CT molecular complexity index is 389. The Hall–Kier alpha value is -0.810. The summed E-state index contributed by atoms with van der Waals surface area (Å²) in [4.78, 5) is 0. The molecule has 18 heavy (non-hydrogen) atoms. The molecule has 1 aromatic carbocycles. The zero-order chi connectivity index (χ0) is 13.0. The van der Waals surface area contributed by atoms with Crippen LogP contribution in [0.25, 0.3) is 0 Å². The SMILES string of the molecule is CC1CSCC1NCc1ccccc1OC(F)F. The molecule has 0 bridgehead atoms. The third-order valence-corrected chi connectivity index (χ3v) is 4.46. The molecule has 0 aromatic heterocycles. The molecule has 1 N–H and O–H groups in total. The lowest BCUT2D eigenvalue weighted by molar-refractivity contribution is -0.0505. The molecule has 1 aliphatic heterocycles. The topological polar surface area (TPSA) is 21.3 Å². The summed E-state index contributed by atoms with van der Waals surface area (Å²) in [6, 6.07) is 7.39. The highest BCUT2D eigenvalue weighted by Gasteiger charge is 2.23. The fourth-order valence-electron chi connectivity index (χ4n) is 2.02. The molecule has 0 saturated carbocycles. The number of hydrogen-bond donors (Lipinski definition) is 1. The van der Waals surface area contributed by atoms with E-state index in [1.807, 2.05) is 23.9 Å². The standard InChI is InChI=1S/C13H17F2NOS/c1-9-7-18-8-11(9)16-6-10-4-2-3-5-12(10)17-13(14)15/h2-5,9,11,13,16H,6-8H2,1H3. The first-order valence-corrected chi connectivity index (χ1v) is 7.16. The lowest BCUT2D eigenvalue weighted by atomic mass is 10.1. The van der Waals surface area contributed by atoms with Crippen molar-refractivity contribution in [3.63, 3.8) is 0 Å². The van der Waals surface area contributed by atoms with Crippen LogP contribution in [0, 0.1) is 5.92 Å². The molecule has 2 atom stereocenters. The van der Waals surface area contributed by atoms with Crippen LogP contribution in [-0.4, -0.2) is 24.2 Å². The summed E-state index contributed by atoms with van der Waals surface area (Å²) >= 11 is 1.93. The molecule has 0 spiro atoms. The molecular weight excluding hydrogens is 256 g/mol. The molecule has 1 saturated heterocycles. The molecule has 2 rings (SSSR count). The predicted octanol–water partition coefficient (Wildman–Crippen LogP) is 3.13. The van der Waals surface area contributed by atoms with Gasteiger partial charge in [0.15, 0.2) is 0 Å². The van der Waals surface area contributed by atoms with Gasteiger partial charge in [-0.3, -0.25) is 0 Å². The van der Waals surface area contributed by atoms with Crippen LogP contribution in [0.2, 0.25) is 0 Å². The monoisotopic (exact) mass is 273 g/mol. The highest BCUT2D eigenvalue weighted by Crippen LogP contribution is 2.25. The van der Waals surface area contributed by atoms with Gasteiger partial charge in [0.2, 0.25) is 0 Å². The van der Waals surface area contributed by atoms with Crippen molar-refractivity contribution < 1.29 is 13.5 Å². The second kappa shape index (κ2) is 6.38. The molecule has 2 nitrogen and oxygen atoms in total. The molecular formula is C13H17F2NOS. The maximum absolute atomic E-state index is 12.3. The largest absolute Gasteiger partial charge is 0.434 e. The van der Waals surface area contributed by atoms with Crippen molar-refractivity contribution in [1.29, 1.82) is 0 Å². The van der Waals surface area contributed by atoms with E-state index in [-0.39, 0.29) is 5.75 Å². The Balaban J connectivity index is 1.95. The smallest absolute Gasteiger partial charge is 0.387 e. The van der Waals surface area contributed by atoms with Crippen LogP contribution >= 0.6 is 11.8 Å². The number of thioether (sulfide) groups is 1. The zero-order valence-corrected chi connectivity index (χ0v) is 11.1. The minimum absolute atomic E-state index is 0.262. The van der Waals surface area contributed by atoms with E-state index in [1.54, 1.807) is 12.1 Å². The molecule has 1 heterocycles. The summed E-state index contributed by atoms with van der Waals surface area (Å²) < 4.78 is 29.0. The van der Waals surface area contributed by atoms with Crippen molar-refractivity contribution in [3.05, 3.63) is 29.8 Å². The van der Waals surface area contributed by atoms with Gasteiger partial charge >= 0.3 is 6.61 Å². The van der Waals surface area contributed by atoms with Gasteiger partial charge in [0.1, 0.15) is 5.75 Å². The normalized spacial score (nSPS) is 23.6. The summed E-state index contributed by atoms with van der Waals surface area (Å²) in [6.45, 7) is 0.00429. The van der Waals surface area contributed by atoms with Gasteiger partial charge in [-0.05, 0) is 17.7 Å². The van der Waals surface area contributed by atoms with Crippen LogP contribution < -0.4 is 10.1 Å². The van der Waals surface area contributed by atoms with Gasteiger partial charge in [-0.1, -0.05) is 25.1 Å².